The van der Waals surface area contributed by atoms with E-state index < -0.39 is 0 Å². The predicted octanol–water partition coefficient (Wildman–Crippen LogP) is 3.23. The maximum Gasteiger partial charge on any atom is 0.275 e. The molecule has 0 heterocycles. The van der Waals surface area contributed by atoms with Gasteiger partial charge in [-0.2, -0.15) is 10.2 Å². The van der Waals surface area contributed by atoms with E-state index in [4.69, 9.17) is 9.47 Å². The number of hydrogen-bond acceptors (Lipinski definition) is 6. The summed E-state index contributed by atoms with van der Waals surface area (Å²) < 4.78 is 10.3. The normalized spacial score (nSPS) is 10.8. The first-order valence-electron chi connectivity index (χ1n) is 9.65. The van der Waals surface area contributed by atoms with Gasteiger partial charge in [-0.25, -0.2) is 10.9 Å². The van der Waals surface area contributed by atoms with Crippen molar-refractivity contribution in [3.8, 4) is 11.5 Å². The molecule has 0 spiro atoms. The molecule has 0 saturated heterocycles. The molecule has 0 aromatic heterocycles. The number of para-hydroxylation sites is 2. The molecule has 0 unspecified atom stereocenters. The van der Waals surface area contributed by atoms with Crippen molar-refractivity contribution in [1.82, 2.24) is 10.9 Å². The Morgan fingerprint density at radius 3 is 1.41 bits per heavy atom. The molecule has 0 radical (unpaired) electrons. The molecule has 8 heteroatoms. The fourth-order valence-corrected chi connectivity index (χ4v) is 2.78. The summed E-state index contributed by atoms with van der Waals surface area (Å²) >= 11 is 0. The summed E-state index contributed by atoms with van der Waals surface area (Å²) in [6, 6.07) is 21.0. The first-order chi connectivity index (χ1) is 15.6. The van der Waals surface area contributed by atoms with Gasteiger partial charge in [-0.15, -0.1) is 0 Å². The second-order valence-corrected chi connectivity index (χ2v) is 6.47. The second kappa shape index (κ2) is 11.1. The van der Waals surface area contributed by atoms with E-state index in [2.05, 4.69) is 21.1 Å². The lowest BCUT2D eigenvalue weighted by atomic mass is 10.2. The Morgan fingerprint density at radius 2 is 1.03 bits per heavy atom. The van der Waals surface area contributed by atoms with Gasteiger partial charge in [0.2, 0.25) is 0 Å². The highest BCUT2D eigenvalue weighted by atomic mass is 16.5. The van der Waals surface area contributed by atoms with Crippen molar-refractivity contribution in [3.63, 3.8) is 0 Å². The number of nitrogens with zero attached hydrogens (tertiary/aromatic N) is 2. The number of nitrogens with one attached hydrogen (secondary N) is 2. The smallest absolute Gasteiger partial charge is 0.275 e. The molecule has 32 heavy (non-hydrogen) atoms. The fourth-order valence-electron chi connectivity index (χ4n) is 2.78. The van der Waals surface area contributed by atoms with Gasteiger partial charge >= 0.3 is 0 Å². The zero-order valence-corrected chi connectivity index (χ0v) is 17.6. The summed E-state index contributed by atoms with van der Waals surface area (Å²) in [6.07, 6.45) is 3.05. The quantitative estimate of drug-likeness (QED) is 0.423. The maximum absolute atomic E-state index is 12.2. The average molecular weight is 430 g/mol. The second-order valence-electron chi connectivity index (χ2n) is 6.47. The van der Waals surface area contributed by atoms with E-state index in [9.17, 15) is 9.59 Å². The Labute approximate surface area is 185 Å². The molecule has 0 aliphatic heterocycles. The minimum atomic E-state index is -0.367. The molecular formula is C24H22N4O4. The lowest BCUT2D eigenvalue weighted by Gasteiger charge is -2.06. The van der Waals surface area contributed by atoms with E-state index in [1.165, 1.54) is 26.6 Å². The number of carbonyl (C=O) groups excluding carboxylic acids is 2. The summed E-state index contributed by atoms with van der Waals surface area (Å²) in [7, 11) is 3.01. The van der Waals surface area contributed by atoms with E-state index in [-0.39, 0.29) is 11.8 Å². The highest BCUT2D eigenvalue weighted by Crippen LogP contribution is 2.17. The Bertz CT molecular complexity index is 1050. The average Bonchev–Trinajstić information content (AvgIpc) is 2.84. The van der Waals surface area contributed by atoms with Crippen LogP contribution in [-0.4, -0.2) is 38.5 Å². The molecule has 0 aliphatic carbocycles. The standard InChI is InChI=1S/C24H22N4O4/c1-31-21-9-5-3-7-19(21)23(29)27-25-15-17-11-13-18(14-12-17)16-26-28-24(30)20-8-4-6-10-22(20)32-2/h3-16H,1-2H3,(H,27,29)(H,28,30)/b25-15+,26-16+. The number of amides is 2. The van der Waals surface area contributed by atoms with Crippen molar-refractivity contribution in [1.29, 1.82) is 0 Å². The monoisotopic (exact) mass is 430 g/mol. The lowest BCUT2D eigenvalue weighted by molar-refractivity contribution is 0.0944. The molecule has 3 aromatic carbocycles. The third kappa shape index (κ3) is 5.79. The molecular weight excluding hydrogens is 408 g/mol. The van der Waals surface area contributed by atoms with Crippen LogP contribution in [0.2, 0.25) is 0 Å². The number of hydrazone groups is 2. The number of rotatable bonds is 8. The van der Waals surface area contributed by atoms with Crippen LogP contribution in [0.1, 0.15) is 31.8 Å². The molecule has 2 amide bonds. The Morgan fingerprint density at radius 1 is 0.656 bits per heavy atom. The van der Waals surface area contributed by atoms with Crippen LogP contribution in [0.3, 0.4) is 0 Å². The fraction of sp³-hybridized carbons (Fsp3) is 0.0833. The number of carbonyl (C=O) groups is 2. The summed E-state index contributed by atoms with van der Waals surface area (Å²) in [5, 5.41) is 7.95. The van der Waals surface area contributed by atoms with Gasteiger partial charge in [0.25, 0.3) is 11.8 Å². The van der Waals surface area contributed by atoms with Gasteiger partial charge in [-0.1, -0.05) is 48.5 Å². The molecule has 2 N–H and O–H groups in total. The number of benzene rings is 3. The maximum atomic E-state index is 12.2. The Hall–Kier alpha value is -4.46. The summed E-state index contributed by atoms with van der Waals surface area (Å²) in [5.41, 5.74) is 7.30. The summed E-state index contributed by atoms with van der Waals surface area (Å²) in [6.45, 7) is 0. The van der Waals surface area contributed by atoms with Crippen LogP contribution in [0.25, 0.3) is 0 Å². The van der Waals surface area contributed by atoms with Gasteiger partial charge in [-0.3, -0.25) is 9.59 Å². The summed E-state index contributed by atoms with van der Waals surface area (Å²) in [4.78, 5) is 24.4. The van der Waals surface area contributed by atoms with Crippen LogP contribution in [0.5, 0.6) is 11.5 Å². The van der Waals surface area contributed by atoms with E-state index in [0.29, 0.717) is 22.6 Å². The van der Waals surface area contributed by atoms with Gasteiger partial charge < -0.3 is 9.47 Å². The van der Waals surface area contributed by atoms with E-state index in [1.807, 2.05) is 24.3 Å². The topological polar surface area (TPSA) is 101 Å². The van der Waals surface area contributed by atoms with Crippen LogP contribution in [0.15, 0.2) is 83.0 Å². The molecule has 3 aromatic rings. The van der Waals surface area contributed by atoms with Crippen LogP contribution < -0.4 is 20.3 Å². The summed E-state index contributed by atoms with van der Waals surface area (Å²) in [5.74, 6) is 0.213. The third-order valence-corrected chi connectivity index (χ3v) is 4.40. The van der Waals surface area contributed by atoms with Crippen molar-refractivity contribution < 1.29 is 19.1 Å². The molecule has 0 saturated carbocycles. The molecule has 0 atom stereocenters. The molecule has 3 rings (SSSR count). The van der Waals surface area contributed by atoms with Gasteiger partial charge in [0.15, 0.2) is 0 Å². The van der Waals surface area contributed by atoms with Crippen LogP contribution in [0.4, 0.5) is 0 Å². The van der Waals surface area contributed by atoms with Crippen molar-refractivity contribution in [2.24, 2.45) is 10.2 Å². The minimum absolute atomic E-state index is 0.367. The van der Waals surface area contributed by atoms with Crippen LogP contribution in [0, 0.1) is 0 Å². The van der Waals surface area contributed by atoms with Crippen molar-refractivity contribution in [3.05, 3.63) is 95.1 Å². The molecule has 0 fully saturated rings. The number of methoxy groups -OCH3 is 2. The predicted molar refractivity (Wildman–Crippen MR) is 123 cm³/mol. The van der Waals surface area contributed by atoms with E-state index >= 15 is 0 Å². The van der Waals surface area contributed by atoms with Gasteiger partial charge in [0.1, 0.15) is 11.5 Å². The highest BCUT2D eigenvalue weighted by molar-refractivity contribution is 5.98. The Kier molecular flexibility index (Phi) is 7.69. The highest BCUT2D eigenvalue weighted by Gasteiger charge is 2.10. The van der Waals surface area contributed by atoms with Crippen LogP contribution in [-0.2, 0) is 0 Å². The zero-order valence-electron chi connectivity index (χ0n) is 17.6. The molecule has 0 bridgehead atoms. The molecule has 162 valence electrons. The minimum Gasteiger partial charge on any atom is -0.496 e. The van der Waals surface area contributed by atoms with Crippen molar-refractivity contribution in [2.45, 2.75) is 0 Å². The Balaban J connectivity index is 1.54. The third-order valence-electron chi connectivity index (χ3n) is 4.40. The molecule has 0 aliphatic rings. The van der Waals surface area contributed by atoms with Gasteiger partial charge in [0.05, 0.1) is 37.8 Å². The van der Waals surface area contributed by atoms with Crippen molar-refractivity contribution in [2.75, 3.05) is 14.2 Å². The molecule has 8 nitrogen and oxygen atoms in total. The van der Waals surface area contributed by atoms with Crippen molar-refractivity contribution >= 4 is 24.2 Å². The van der Waals surface area contributed by atoms with Crippen LogP contribution >= 0.6 is 0 Å². The number of ether oxygens (including phenoxy) is 2. The van der Waals surface area contributed by atoms with Gasteiger partial charge in [0, 0.05) is 0 Å². The first kappa shape index (κ1) is 22.2. The van der Waals surface area contributed by atoms with E-state index in [0.717, 1.165) is 11.1 Å². The SMILES string of the molecule is COc1ccccc1C(=O)N/N=C/c1ccc(/C=N/NC(=O)c2ccccc2OC)cc1. The number of hydrogen-bond donors (Lipinski definition) is 2. The first-order valence-corrected chi connectivity index (χ1v) is 9.65. The van der Waals surface area contributed by atoms with E-state index in [1.54, 1.807) is 48.5 Å². The largest absolute Gasteiger partial charge is 0.496 e. The lowest BCUT2D eigenvalue weighted by Crippen LogP contribution is -2.18. The van der Waals surface area contributed by atoms with Gasteiger partial charge in [-0.05, 0) is 35.4 Å². The zero-order chi connectivity index (χ0) is 22.8.